The third kappa shape index (κ3) is 5.91. The number of rotatable bonds is 9. The number of carbonyl (C=O) groups is 2. The number of amidine groups is 1. The topological polar surface area (TPSA) is 77.4 Å². The summed E-state index contributed by atoms with van der Waals surface area (Å²) in [5, 5.41) is 0.663. The molecule has 1 heterocycles. The maximum absolute atomic E-state index is 13.0. The lowest BCUT2D eigenvalue weighted by Gasteiger charge is -2.13. The highest BCUT2D eigenvalue weighted by Crippen LogP contribution is 2.36. The highest BCUT2D eigenvalue weighted by molar-refractivity contribution is 8.18. The number of esters is 1. The van der Waals surface area contributed by atoms with Gasteiger partial charge in [-0.2, -0.15) is 0 Å². The van der Waals surface area contributed by atoms with Crippen LogP contribution in [0.15, 0.2) is 58.4 Å². The van der Waals surface area contributed by atoms with Gasteiger partial charge in [0.25, 0.3) is 5.91 Å². The van der Waals surface area contributed by atoms with Crippen LogP contribution in [0.3, 0.4) is 0 Å². The van der Waals surface area contributed by atoms with E-state index in [2.05, 4.69) is 4.99 Å². The van der Waals surface area contributed by atoms with Crippen LogP contribution in [0.5, 0.6) is 11.5 Å². The van der Waals surface area contributed by atoms with Gasteiger partial charge in [0.05, 0.1) is 24.3 Å². The lowest BCUT2D eigenvalue weighted by molar-refractivity contribution is -0.145. The van der Waals surface area contributed by atoms with E-state index in [-0.39, 0.29) is 12.5 Å². The van der Waals surface area contributed by atoms with E-state index in [1.54, 1.807) is 36.1 Å². The number of para-hydroxylation sites is 1. The van der Waals surface area contributed by atoms with Gasteiger partial charge in [-0.1, -0.05) is 31.2 Å². The summed E-state index contributed by atoms with van der Waals surface area (Å²) in [4.78, 5) is 31.5. The third-order valence-corrected chi connectivity index (χ3v) is 5.46. The number of hydrogen-bond acceptors (Lipinski definition) is 7. The second kappa shape index (κ2) is 11.4. The molecule has 1 aliphatic rings. The average Bonchev–Trinajstić information content (AvgIpc) is 3.08. The highest BCUT2D eigenvalue weighted by atomic mass is 32.2. The van der Waals surface area contributed by atoms with Gasteiger partial charge in [0.2, 0.25) is 0 Å². The first-order chi connectivity index (χ1) is 15.5. The number of nitrogens with zero attached hydrogens (tertiary/aromatic N) is 2. The second-order valence-corrected chi connectivity index (χ2v) is 7.81. The summed E-state index contributed by atoms with van der Waals surface area (Å²) in [5.74, 6) is 0.359. The van der Waals surface area contributed by atoms with Gasteiger partial charge in [0.1, 0.15) is 0 Å². The molecule has 0 N–H and O–H groups in total. The molecule has 0 radical (unpaired) electrons. The Bertz CT molecular complexity index is 1020. The highest BCUT2D eigenvalue weighted by Gasteiger charge is 2.32. The van der Waals surface area contributed by atoms with Gasteiger partial charge in [-0.3, -0.25) is 9.69 Å². The monoisotopic (exact) mass is 454 g/mol. The summed E-state index contributed by atoms with van der Waals surface area (Å²) in [6, 6.07) is 14.8. The Labute approximate surface area is 192 Å². The van der Waals surface area contributed by atoms with Gasteiger partial charge in [-0.25, -0.2) is 9.79 Å². The van der Waals surface area contributed by atoms with Crippen LogP contribution in [0.4, 0.5) is 5.69 Å². The molecule has 8 heteroatoms. The number of aliphatic imine (C=N–C) groups is 1. The van der Waals surface area contributed by atoms with Crippen LogP contribution in [0.1, 0.15) is 25.8 Å². The predicted molar refractivity (Wildman–Crippen MR) is 126 cm³/mol. The normalized spacial score (nSPS) is 16.0. The molecule has 0 unspecified atom stereocenters. The molecular weight excluding hydrogens is 428 g/mol. The van der Waals surface area contributed by atoms with E-state index in [1.807, 2.05) is 37.3 Å². The molecule has 2 aromatic rings. The largest absolute Gasteiger partial charge is 0.493 e. The van der Waals surface area contributed by atoms with Gasteiger partial charge in [0, 0.05) is 6.54 Å². The van der Waals surface area contributed by atoms with Crippen molar-refractivity contribution in [3.63, 3.8) is 0 Å². The standard InChI is InChI=1S/C24H26N2O5S/c1-4-13-26-23(28)21(32-24(26)25-18-9-7-6-8-10-18)15-17-11-12-19(20(14-17)29-3)31-16-22(27)30-5-2/h6-12,14-15H,4-5,13,16H2,1-3H3. The van der Waals surface area contributed by atoms with Crippen molar-refractivity contribution in [3.8, 4) is 11.5 Å². The molecule has 7 nitrogen and oxygen atoms in total. The van der Waals surface area contributed by atoms with Crippen molar-refractivity contribution in [2.24, 2.45) is 4.99 Å². The van der Waals surface area contributed by atoms with Crippen LogP contribution in [-0.2, 0) is 14.3 Å². The molecule has 3 rings (SSSR count). The Hall–Kier alpha value is -3.26. The van der Waals surface area contributed by atoms with Crippen LogP contribution in [0.25, 0.3) is 6.08 Å². The zero-order chi connectivity index (χ0) is 22.9. The van der Waals surface area contributed by atoms with Crippen molar-refractivity contribution >= 4 is 40.6 Å². The molecule has 0 aliphatic carbocycles. The maximum Gasteiger partial charge on any atom is 0.344 e. The molecule has 1 saturated heterocycles. The fourth-order valence-corrected chi connectivity index (χ4v) is 4.03. The van der Waals surface area contributed by atoms with Gasteiger partial charge < -0.3 is 14.2 Å². The molecule has 0 aromatic heterocycles. The summed E-state index contributed by atoms with van der Waals surface area (Å²) in [6.45, 7) is 4.45. The van der Waals surface area contributed by atoms with Crippen LogP contribution >= 0.6 is 11.8 Å². The molecular formula is C24H26N2O5S. The first kappa shape index (κ1) is 23.4. The minimum absolute atomic E-state index is 0.0758. The SMILES string of the molecule is CCCN1C(=O)C(=Cc2ccc(OCC(=O)OCC)c(OC)c2)SC1=Nc1ccccc1. The van der Waals surface area contributed by atoms with Crippen molar-refractivity contribution in [2.75, 3.05) is 26.9 Å². The predicted octanol–water partition coefficient (Wildman–Crippen LogP) is 4.65. The number of hydrogen-bond donors (Lipinski definition) is 0. The molecule has 2 aromatic carbocycles. The summed E-state index contributed by atoms with van der Waals surface area (Å²) < 4.78 is 15.8. The molecule has 1 aliphatic heterocycles. The van der Waals surface area contributed by atoms with Crippen molar-refractivity contribution in [1.29, 1.82) is 0 Å². The molecule has 0 bridgehead atoms. The van der Waals surface area contributed by atoms with E-state index in [0.29, 0.717) is 34.7 Å². The van der Waals surface area contributed by atoms with Crippen molar-refractivity contribution < 1.29 is 23.8 Å². The lowest BCUT2D eigenvalue weighted by atomic mass is 10.2. The maximum atomic E-state index is 13.0. The van der Waals surface area contributed by atoms with Gasteiger partial charge in [-0.05, 0) is 61.0 Å². The molecule has 32 heavy (non-hydrogen) atoms. The van der Waals surface area contributed by atoms with Gasteiger partial charge in [0.15, 0.2) is 23.3 Å². The van der Waals surface area contributed by atoms with E-state index in [4.69, 9.17) is 14.2 Å². The second-order valence-electron chi connectivity index (χ2n) is 6.80. The molecule has 0 atom stereocenters. The fourth-order valence-electron chi connectivity index (χ4n) is 3.01. The van der Waals surface area contributed by atoms with Crippen LogP contribution in [0.2, 0.25) is 0 Å². The zero-order valence-corrected chi connectivity index (χ0v) is 19.2. The minimum atomic E-state index is -0.449. The first-order valence-corrected chi connectivity index (χ1v) is 11.2. The Morgan fingerprint density at radius 1 is 1.12 bits per heavy atom. The van der Waals surface area contributed by atoms with E-state index in [1.165, 1.54) is 18.9 Å². The first-order valence-electron chi connectivity index (χ1n) is 10.4. The number of methoxy groups -OCH3 is 1. The van der Waals surface area contributed by atoms with Crippen LogP contribution < -0.4 is 9.47 Å². The van der Waals surface area contributed by atoms with Crippen LogP contribution in [-0.4, -0.2) is 48.8 Å². The molecule has 0 saturated carbocycles. The van der Waals surface area contributed by atoms with E-state index in [0.717, 1.165) is 17.7 Å². The molecule has 168 valence electrons. The van der Waals surface area contributed by atoms with Gasteiger partial charge in [-0.15, -0.1) is 0 Å². The zero-order valence-electron chi connectivity index (χ0n) is 18.4. The smallest absolute Gasteiger partial charge is 0.344 e. The lowest BCUT2D eigenvalue weighted by Crippen LogP contribution is -2.29. The minimum Gasteiger partial charge on any atom is -0.493 e. The van der Waals surface area contributed by atoms with Gasteiger partial charge >= 0.3 is 5.97 Å². The molecule has 1 fully saturated rings. The Balaban J connectivity index is 1.82. The van der Waals surface area contributed by atoms with Crippen molar-refractivity contribution in [3.05, 3.63) is 59.0 Å². The summed E-state index contributed by atoms with van der Waals surface area (Å²) in [6.07, 6.45) is 2.63. The van der Waals surface area contributed by atoms with E-state index in [9.17, 15) is 9.59 Å². The van der Waals surface area contributed by atoms with Crippen molar-refractivity contribution in [1.82, 2.24) is 4.90 Å². The quantitative estimate of drug-likeness (QED) is 0.405. The summed E-state index contributed by atoms with van der Waals surface area (Å²) in [7, 11) is 1.52. The number of carbonyl (C=O) groups excluding carboxylic acids is 2. The molecule has 0 spiro atoms. The number of thioether (sulfide) groups is 1. The Kier molecular flexibility index (Phi) is 8.33. The van der Waals surface area contributed by atoms with Crippen LogP contribution in [0, 0.1) is 0 Å². The molecule has 1 amide bonds. The van der Waals surface area contributed by atoms with E-state index >= 15 is 0 Å². The number of ether oxygens (including phenoxy) is 3. The van der Waals surface area contributed by atoms with Crippen molar-refractivity contribution in [2.45, 2.75) is 20.3 Å². The number of benzene rings is 2. The average molecular weight is 455 g/mol. The summed E-state index contributed by atoms with van der Waals surface area (Å²) >= 11 is 1.35. The van der Waals surface area contributed by atoms with E-state index < -0.39 is 5.97 Å². The summed E-state index contributed by atoms with van der Waals surface area (Å²) in [5.41, 5.74) is 1.58. The Morgan fingerprint density at radius 3 is 2.59 bits per heavy atom. The Morgan fingerprint density at radius 2 is 1.91 bits per heavy atom. The fraction of sp³-hybridized carbons (Fsp3) is 0.292. The third-order valence-electron chi connectivity index (χ3n) is 4.45. The number of amides is 1.